The van der Waals surface area contributed by atoms with E-state index in [0.717, 1.165) is 12.5 Å². The van der Waals surface area contributed by atoms with Crippen molar-refractivity contribution in [1.29, 1.82) is 0 Å². The summed E-state index contributed by atoms with van der Waals surface area (Å²) in [7, 11) is 0. The van der Waals surface area contributed by atoms with Crippen molar-refractivity contribution in [3.63, 3.8) is 0 Å². The second-order valence-electron chi connectivity index (χ2n) is 5.40. The van der Waals surface area contributed by atoms with E-state index in [1.807, 2.05) is 11.8 Å². The predicted molar refractivity (Wildman–Crippen MR) is 88.1 cm³/mol. The zero-order valence-corrected chi connectivity index (χ0v) is 13.7. The number of nitrogens with one attached hydrogen (secondary N) is 1. The van der Waals surface area contributed by atoms with Crippen LogP contribution in [0.2, 0.25) is 0 Å². The highest BCUT2D eigenvalue weighted by atomic mass is 32.2. The van der Waals surface area contributed by atoms with E-state index in [9.17, 15) is 0 Å². The Labute approximate surface area is 123 Å². The summed E-state index contributed by atoms with van der Waals surface area (Å²) in [6, 6.07) is 9.32. The third kappa shape index (κ3) is 6.01. The van der Waals surface area contributed by atoms with E-state index in [2.05, 4.69) is 57.3 Å². The first-order valence-electron chi connectivity index (χ1n) is 7.60. The Bertz CT molecular complexity index is 351. The molecule has 0 aliphatic heterocycles. The first kappa shape index (κ1) is 16.6. The van der Waals surface area contributed by atoms with Crippen LogP contribution in [-0.2, 0) is 0 Å². The van der Waals surface area contributed by atoms with E-state index in [1.165, 1.54) is 35.5 Å². The van der Waals surface area contributed by atoms with Crippen LogP contribution in [0.3, 0.4) is 0 Å². The largest absolute Gasteiger partial charge is 0.313 e. The van der Waals surface area contributed by atoms with E-state index in [-0.39, 0.29) is 0 Å². The third-order valence-corrected chi connectivity index (χ3v) is 4.89. The Kier molecular flexibility index (Phi) is 8.24. The molecular formula is C17H29NS. The quantitative estimate of drug-likeness (QED) is 0.646. The minimum absolute atomic E-state index is 0.629. The average Bonchev–Trinajstić information content (AvgIpc) is 2.41. The Morgan fingerprint density at radius 3 is 2.53 bits per heavy atom. The molecule has 0 saturated heterocycles. The summed E-state index contributed by atoms with van der Waals surface area (Å²) in [5.74, 6) is 1.93. The molecule has 0 saturated carbocycles. The van der Waals surface area contributed by atoms with Crippen LogP contribution >= 0.6 is 11.8 Å². The second kappa shape index (κ2) is 9.44. The third-order valence-electron chi connectivity index (χ3n) is 3.60. The SMILES string of the molecule is CCCNC(CSc1ccccc1C)C(C)CCC. The van der Waals surface area contributed by atoms with Gasteiger partial charge in [-0.15, -0.1) is 11.8 Å². The van der Waals surface area contributed by atoms with Crippen molar-refractivity contribution >= 4 is 11.8 Å². The molecule has 108 valence electrons. The summed E-state index contributed by atoms with van der Waals surface area (Å²) in [4.78, 5) is 1.43. The standard InChI is InChI=1S/C17H29NS/c1-5-9-14(3)16(18-12-6-2)13-19-17-11-8-7-10-15(17)4/h7-8,10-11,14,16,18H,5-6,9,12-13H2,1-4H3. The molecule has 0 heterocycles. The highest BCUT2D eigenvalue weighted by molar-refractivity contribution is 7.99. The van der Waals surface area contributed by atoms with Gasteiger partial charge in [0.15, 0.2) is 0 Å². The van der Waals surface area contributed by atoms with Gasteiger partial charge in [-0.25, -0.2) is 0 Å². The van der Waals surface area contributed by atoms with Gasteiger partial charge in [0.25, 0.3) is 0 Å². The van der Waals surface area contributed by atoms with Crippen LogP contribution in [0.1, 0.15) is 45.6 Å². The molecule has 0 fully saturated rings. The zero-order valence-electron chi connectivity index (χ0n) is 12.9. The molecule has 1 aromatic rings. The van der Waals surface area contributed by atoms with Crippen LogP contribution < -0.4 is 5.32 Å². The Balaban J connectivity index is 2.54. The van der Waals surface area contributed by atoms with Crippen molar-refractivity contribution in [2.45, 2.75) is 57.9 Å². The van der Waals surface area contributed by atoms with Gasteiger partial charge >= 0.3 is 0 Å². The van der Waals surface area contributed by atoms with Crippen molar-refractivity contribution in [3.8, 4) is 0 Å². The number of hydrogen-bond donors (Lipinski definition) is 1. The maximum atomic E-state index is 3.72. The van der Waals surface area contributed by atoms with Crippen molar-refractivity contribution in [2.24, 2.45) is 5.92 Å². The first-order chi connectivity index (χ1) is 9.19. The molecule has 0 aliphatic rings. The fourth-order valence-electron chi connectivity index (χ4n) is 2.31. The van der Waals surface area contributed by atoms with Gasteiger partial charge < -0.3 is 5.32 Å². The summed E-state index contributed by atoms with van der Waals surface area (Å²) in [6.45, 7) is 10.2. The summed E-state index contributed by atoms with van der Waals surface area (Å²) in [5.41, 5.74) is 1.39. The van der Waals surface area contributed by atoms with Crippen molar-refractivity contribution < 1.29 is 0 Å². The summed E-state index contributed by atoms with van der Waals surface area (Å²) in [6.07, 6.45) is 3.81. The molecule has 19 heavy (non-hydrogen) atoms. The van der Waals surface area contributed by atoms with Crippen molar-refractivity contribution in [3.05, 3.63) is 29.8 Å². The minimum atomic E-state index is 0.629. The molecule has 0 amide bonds. The fourth-order valence-corrected chi connectivity index (χ4v) is 3.58. The Morgan fingerprint density at radius 1 is 1.16 bits per heavy atom. The van der Waals surface area contributed by atoms with Gasteiger partial charge in [0.2, 0.25) is 0 Å². The van der Waals surface area contributed by atoms with Crippen LogP contribution in [0.5, 0.6) is 0 Å². The molecule has 2 atom stereocenters. The molecule has 2 unspecified atom stereocenters. The molecule has 0 aromatic heterocycles. The molecule has 1 N–H and O–H groups in total. The number of aryl methyl sites for hydroxylation is 1. The van der Waals surface area contributed by atoms with Crippen molar-refractivity contribution in [2.75, 3.05) is 12.3 Å². The van der Waals surface area contributed by atoms with E-state index in [0.29, 0.717) is 6.04 Å². The molecule has 1 rings (SSSR count). The molecule has 0 radical (unpaired) electrons. The molecule has 0 bridgehead atoms. The zero-order chi connectivity index (χ0) is 14.1. The number of hydrogen-bond acceptors (Lipinski definition) is 2. The molecule has 0 spiro atoms. The van der Waals surface area contributed by atoms with Crippen LogP contribution in [0.15, 0.2) is 29.2 Å². The first-order valence-corrected chi connectivity index (χ1v) is 8.59. The van der Waals surface area contributed by atoms with Gasteiger partial charge in [0.05, 0.1) is 0 Å². The lowest BCUT2D eigenvalue weighted by molar-refractivity contribution is 0.382. The monoisotopic (exact) mass is 279 g/mol. The number of benzene rings is 1. The summed E-state index contributed by atoms with van der Waals surface area (Å²) in [5, 5.41) is 3.72. The fraction of sp³-hybridized carbons (Fsp3) is 0.647. The lowest BCUT2D eigenvalue weighted by Gasteiger charge is -2.25. The Hall–Kier alpha value is -0.470. The van der Waals surface area contributed by atoms with E-state index >= 15 is 0 Å². The highest BCUT2D eigenvalue weighted by Crippen LogP contribution is 2.25. The van der Waals surface area contributed by atoms with E-state index < -0.39 is 0 Å². The molecule has 2 heteroatoms. The van der Waals surface area contributed by atoms with Gasteiger partial charge in [-0.2, -0.15) is 0 Å². The van der Waals surface area contributed by atoms with Crippen LogP contribution in [0.4, 0.5) is 0 Å². The molecular weight excluding hydrogens is 250 g/mol. The van der Waals surface area contributed by atoms with Crippen molar-refractivity contribution in [1.82, 2.24) is 5.32 Å². The van der Waals surface area contributed by atoms with E-state index in [1.54, 1.807) is 0 Å². The maximum Gasteiger partial charge on any atom is 0.0187 e. The summed E-state index contributed by atoms with van der Waals surface area (Å²) >= 11 is 2.00. The smallest absolute Gasteiger partial charge is 0.0187 e. The van der Waals surface area contributed by atoms with Gasteiger partial charge in [-0.05, 0) is 43.9 Å². The lowest BCUT2D eigenvalue weighted by Crippen LogP contribution is -2.37. The van der Waals surface area contributed by atoms with Gasteiger partial charge in [0, 0.05) is 16.7 Å². The Morgan fingerprint density at radius 2 is 1.89 bits per heavy atom. The number of thioether (sulfide) groups is 1. The van der Waals surface area contributed by atoms with E-state index in [4.69, 9.17) is 0 Å². The molecule has 0 aliphatic carbocycles. The molecule has 1 aromatic carbocycles. The van der Waals surface area contributed by atoms with Gasteiger partial charge in [-0.3, -0.25) is 0 Å². The van der Waals surface area contributed by atoms with Crippen LogP contribution in [0, 0.1) is 12.8 Å². The van der Waals surface area contributed by atoms with Crippen LogP contribution in [-0.4, -0.2) is 18.3 Å². The molecule has 1 nitrogen and oxygen atoms in total. The average molecular weight is 279 g/mol. The van der Waals surface area contributed by atoms with Gasteiger partial charge in [0.1, 0.15) is 0 Å². The van der Waals surface area contributed by atoms with Gasteiger partial charge in [-0.1, -0.05) is 45.4 Å². The summed E-state index contributed by atoms with van der Waals surface area (Å²) < 4.78 is 0. The number of rotatable bonds is 9. The predicted octanol–water partition coefficient (Wildman–Crippen LogP) is 4.89. The minimum Gasteiger partial charge on any atom is -0.313 e. The maximum absolute atomic E-state index is 3.72. The lowest BCUT2D eigenvalue weighted by atomic mass is 9.98. The van der Waals surface area contributed by atoms with Crippen LogP contribution in [0.25, 0.3) is 0 Å². The second-order valence-corrected chi connectivity index (χ2v) is 6.46. The highest BCUT2D eigenvalue weighted by Gasteiger charge is 2.16. The topological polar surface area (TPSA) is 12.0 Å². The normalized spacial score (nSPS) is 14.3.